The van der Waals surface area contributed by atoms with Crippen LogP contribution in [-0.4, -0.2) is 0 Å². The Morgan fingerprint density at radius 3 is 0.732 bits per heavy atom. The van der Waals surface area contributed by atoms with E-state index in [9.17, 15) is 0 Å². The van der Waals surface area contributed by atoms with E-state index < -0.39 is 0 Å². The molecule has 0 aliphatic carbocycles. The first-order chi connectivity index (χ1) is 27.7. The van der Waals surface area contributed by atoms with Crippen molar-refractivity contribution >= 4 is 97.0 Å². The van der Waals surface area contributed by atoms with Gasteiger partial charge in [-0.25, -0.2) is 0 Å². The second-order valence-electron chi connectivity index (χ2n) is 18.1. The summed E-state index contributed by atoms with van der Waals surface area (Å²) in [5.74, 6) is 0. The molecular weight excluding hydrogens is 673 g/mol. The van der Waals surface area contributed by atoms with Gasteiger partial charge in [0.25, 0.3) is 0 Å². The summed E-state index contributed by atoms with van der Waals surface area (Å²) < 4.78 is 0. The van der Waals surface area contributed by atoms with Crippen molar-refractivity contribution in [2.45, 2.75) is 156 Å². The van der Waals surface area contributed by atoms with Gasteiger partial charge in [-0.2, -0.15) is 0 Å². The van der Waals surface area contributed by atoms with Crippen molar-refractivity contribution in [3.05, 3.63) is 82.9 Å². The number of rotatable bonds is 20. The van der Waals surface area contributed by atoms with E-state index in [-0.39, 0.29) is 0 Å². The lowest BCUT2D eigenvalue weighted by molar-refractivity contribution is 0.668. The molecule has 0 aromatic heterocycles. The molecule has 0 spiro atoms. The molecule has 10 aromatic rings. The highest BCUT2D eigenvalue weighted by atomic mass is 14.3. The molecule has 0 heteroatoms. The smallest absolute Gasteiger partial charge is 0.0000922 e. The lowest BCUT2D eigenvalue weighted by Gasteiger charge is -2.28. The summed E-state index contributed by atoms with van der Waals surface area (Å²) in [6.45, 7) is 9.34. The van der Waals surface area contributed by atoms with Gasteiger partial charge >= 0.3 is 0 Å². The second-order valence-corrected chi connectivity index (χ2v) is 18.1. The summed E-state index contributed by atoms with van der Waals surface area (Å²) in [4.78, 5) is 0. The minimum atomic E-state index is 1.17. The van der Waals surface area contributed by atoms with Crippen molar-refractivity contribution < 1.29 is 0 Å². The maximum absolute atomic E-state index is 2.65. The maximum atomic E-state index is 2.65. The van der Waals surface area contributed by atoms with Gasteiger partial charge in [0.2, 0.25) is 0 Å². The molecule has 0 N–H and O–H groups in total. The number of unbranched alkanes of at least 4 members (excludes halogenated alkanes) is 12. The van der Waals surface area contributed by atoms with Gasteiger partial charge in [0.1, 0.15) is 0 Å². The maximum Gasteiger partial charge on any atom is -0.0000922 e. The molecule has 0 aliphatic heterocycles. The first-order valence-electron chi connectivity index (χ1n) is 23.3. The Morgan fingerprint density at radius 2 is 0.500 bits per heavy atom. The third-order valence-electron chi connectivity index (χ3n) is 14.3. The minimum absolute atomic E-state index is 1.17. The molecular formula is C56H62. The zero-order valence-electron chi connectivity index (χ0n) is 34.9. The average molecular weight is 735 g/mol. The van der Waals surface area contributed by atoms with Crippen LogP contribution in [-0.2, 0) is 25.7 Å². The lowest BCUT2D eigenvalue weighted by Crippen LogP contribution is -2.02. The molecule has 0 aliphatic rings. The van der Waals surface area contributed by atoms with Crippen LogP contribution in [0.15, 0.2) is 60.7 Å². The van der Waals surface area contributed by atoms with Crippen LogP contribution in [0.2, 0.25) is 0 Å². The van der Waals surface area contributed by atoms with Gasteiger partial charge in [-0.05, 0) is 183 Å². The fourth-order valence-electron chi connectivity index (χ4n) is 11.7. The summed E-state index contributed by atoms with van der Waals surface area (Å²) in [5.41, 5.74) is 6.26. The highest BCUT2D eigenvalue weighted by Gasteiger charge is 2.29. The molecule has 0 fully saturated rings. The van der Waals surface area contributed by atoms with E-state index in [2.05, 4.69) is 88.4 Å². The second kappa shape index (κ2) is 15.0. The van der Waals surface area contributed by atoms with Crippen LogP contribution >= 0.6 is 0 Å². The van der Waals surface area contributed by atoms with Crippen molar-refractivity contribution in [1.82, 2.24) is 0 Å². The fraction of sp³-hybridized carbons (Fsp3) is 0.429. The summed E-state index contributed by atoms with van der Waals surface area (Å²) in [5, 5.41) is 27.5. The Hall–Kier alpha value is -4.16. The standard InChI is InChI=1S/C56H62/c1-5-9-13-17-21-35-29-39-33-40-30-37(23-19-15-11-7-3)45-27-28-46-38(24-20-16-12-8-4)32-42-34-41-31-36(22-18-14-10-6-2)44-26-25-43(35)51-47(39)55-49(40)53(45)54(46)50(42)56(55)48(41)52(44)51/h25-34H,5-24H2,1-4H3. The van der Waals surface area contributed by atoms with Gasteiger partial charge in [0.05, 0.1) is 0 Å². The van der Waals surface area contributed by atoms with E-state index >= 15 is 0 Å². The third-order valence-corrected chi connectivity index (χ3v) is 14.3. The largest absolute Gasteiger partial charge is 0.0654 e. The molecule has 0 atom stereocenters. The van der Waals surface area contributed by atoms with E-state index in [1.165, 1.54) is 172 Å². The minimum Gasteiger partial charge on any atom is -0.0654 e. The van der Waals surface area contributed by atoms with Crippen molar-refractivity contribution in [2.75, 3.05) is 0 Å². The highest BCUT2D eigenvalue weighted by Crippen LogP contribution is 2.56. The number of aryl methyl sites for hydroxylation is 4. The summed E-state index contributed by atoms with van der Waals surface area (Å²) in [6, 6.07) is 26.0. The quantitative estimate of drug-likeness (QED) is 0.0415. The Kier molecular flexibility index (Phi) is 9.68. The zero-order valence-corrected chi connectivity index (χ0v) is 34.9. The molecule has 0 heterocycles. The first-order valence-corrected chi connectivity index (χ1v) is 23.3. The van der Waals surface area contributed by atoms with Gasteiger partial charge in [0.15, 0.2) is 0 Å². The molecule has 286 valence electrons. The SMILES string of the molecule is CCCCCCc1cc2cc3cc(CCCCCC)c4ccc5c(CCCCCC)cc6cc7cc(CCCCCC)c8ccc1c1c2c2c3c4c5c6c2c7c81. The van der Waals surface area contributed by atoms with Crippen LogP contribution < -0.4 is 0 Å². The fourth-order valence-corrected chi connectivity index (χ4v) is 11.7. The van der Waals surface area contributed by atoms with Crippen molar-refractivity contribution in [1.29, 1.82) is 0 Å². The van der Waals surface area contributed by atoms with Crippen molar-refractivity contribution in [3.8, 4) is 0 Å². The Morgan fingerprint density at radius 1 is 0.250 bits per heavy atom. The van der Waals surface area contributed by atoms with Crippen molar-refractivity contribution in [3.63, 3.8) is 0 Å². The van der Waals surface area contributed by atoms with E-state index in [1.807, 2.05) is 0 Å². The predicted octanol–water partition coefficient (Wildman–Crippen LogP) is 17.7. The van der Waals surface area contributed by atoms with Crippen LogP contribution in [0.4, 0.5) is 0 Å². The third kappa shape index (κ3) is 5.59. The van der Waals surface area contributed by atoms with Gasteiger partial charge < -0.3 is 0 Å². The average Bonchev–Trinajstić information content (AvgIpc) is 3.22. The molecule has 0 unspecified atom stereocenters. The number of hydrogen-bond donors (Lipinski definition) is 0. The Bertz CT molecular complexity index is 2510. The lowest BCUT2D eigenvalue weighted by atomic mass is 9.75. The molecule has 10 aromatic carbocycles. The van der Waals surface area contributed by atoms with E-state index in [0.717, 1.165) is 0 Å². The van der Waals surface area contributed by atoms with E-state index in [4.69, 9.17) is 0 Å². The van der Waals surface area contributed by atoms with Crippen LogP contribution in [0, 0.1) is 0 Å². The topological polar surface area (TPSA) is 0 Å². The molecule has 10 rings (SSSR count). The van der Waals surface area contributed by atoms with Crippen LogP contribution in [0.5, 0.6) is 0 Å². The van der Waals surface area contributed by atoms with Gasteiger partial charge in [-0.1, -0.05) is 153 Å². The van der Waals surface area contributed by atoms with Crippen molar-refractivity contribution in [2.24, 2.45) is 0 Å². The normalized spacial score (nSPS) is 13.0. The molecule has 56 heavy (non-hydrogen) atoms. The predicted molar refractivity (Wildman–Crippen MR) is 251 cm³/mol. The molecule has 0 saturated heterocycles. The van der Waals surface area contributed by atoms with Gasteiger partial charge in [-0.15, -0.1) is 0 Å². The molecule has 0 bridgehead atoms. The van der Waals surface area contributed by atoms with Crippen LogP contribution in [0.3, 0.4) is 0 Å². The van der Waals surface area contributed by atoms with E-state index in [0.29, 0.717) is 0 Å². The van der Waals surface area contributed by atoms with E-state index in [1.54, 1.807) is 76.1 Å². The summed E-state index contributed by atoms with van der Waals surface area (Å²) >= 11 is 0. The first kappa shape index (κ1) is 36.2. The highest BCUT2D eigenvalue weighted by molar-refractivity contribution is 6.53. The Labute approximate surface area is 334 Å². The number of hydrogen-bond acceptors (Lipinski definition) is 0. The monoisotopic (exact) mass is 734 g/mol. The van der Waals surface area contributed by atoms with Gasteiger partial charge in [0, 0.05) is 0 Å². The summed E-state index contributed by atoms with van der Waals surface area (Å²) in [7, 11) is 0. The van der Waals surface area contributed by atoms with Crippen LogP contribution in [0.25, 0.3) is 97.0 Å². The molecule has 0 nitrogen and oxygen atoms in total. The Balaban J connectivity index is 1.35. The van der Waals surface area contributed by atoms with Gasteiger partial charge in [-0.3, -0.25) is 0 Å². The molecule has 0 saturated carbocycles. The number of benzene rings is 10. The summed E-state index contributed by atoms with van der Waals surface area (Å²) in [6.07, 6.45) is 25.5. The molecule has 0 amide bonds. The zero-order chi connectivity index (χ0) is 37.9. The molecule has 0 radical (unpaired) electrons. The van der Waals surface area contributed by atoms with Crippen LogP contribution in [0.1, 0.15) is 153 Å².